The summed E-state index contributed by atoms with van der Waals surface area (Å²) in [6, 6.07) is 0. The van der Waals surface area contributed by atoms with Crippen LogP contribution in [0, 0.1) is 0 Å². The quantitative estimate of drug-likeness (QED) is 0.726. The molecule has 0 radical (unpaired) electrons. The lowest BCUT2D eigenvalue weighted by Crippen LogP contribution is -2.49. The summed E-state index contributed by atoms with van der Waals surface area (Å²) in [6.07, 6.45) is 1.51. The maximum atomic E-state index is 12.2. The molecule has 10 heteroatoms. The van der Waals surface area contributed by atoms with Gasteiger partial charge in [0.1, 0.15) is 11.2 Å². The summed E-state index contributed by atoms with van der Waals surface area (Å²) in [7, 11) is -2.01. The number of aromatic nitrogens is 4. The summed E-state index contributed by atoms with van der Waals surface area (Å²) in [5, 5.41) is 4.70. The van der Waals surface area contributed by atoms with Crippen LogP contribution in [0.4, 0.5) is 0 Å². The molecule has 3 rings (SSSR count). The van der Waals surface area contributed by atoms with Gasteiger partial charge in [-0.1, -0.05) is 0 Å². The summed E-state index contributed by atoms with van der Waals surface area (Å²) < 4.78 is 25.9. The smallest absolute Gasteiger partial charge is 0.276 e. The molecule has 2 aromatic rings. The first-order chi connectivity index (χ1) is 10.1. The summed E-state index contributed by atoms with van der Waals surface area (Å²) >= 11 is 0. The number of aromatic amines is 1. The second-order valence-corrected chi connectivity index (χ2v) is 8.67. The third-order valence-corrected chi connectivity index (χ3v) is 5.03. The molecular formula is C12H18BN5O3S. The minimum atomic E-state index is -3.18. The van der Waals surface area contributed by atoms with Crippen LogP contribution in [0.1, 0.15) is 32.5 Å². The Labute approximate surface area is 128 Å². The lowest BCUT2D eigenvalue weighted by Gasteiger charge is -2.36. The van der Waals surface area contributed by atoms with Crippen LogP contribution in [0.15, 0.2) is 11.0 Å². The van der Waals surface area contributed by atoms with Crippen LogP contribution in [0.25, 0.3) is 11.0 Å². The SMILES string of the molecule is BS(=O)(=O)N1CC(c2nc3c(cnn3C(C)(C)C)c(=O)[nH]2)C1. The second-order valence-electron chi connectivity index (χ2n) is 6.69. The van der Waals surface area contributed by atoms with Crippen LogP contribution in [0.2, 0.25) is 0 Å². The zero-order valence-corrected chi connectivity index (χ0v) is 13.8. The highest BCUT2D eigenvalue weighted by molar-refractivity contribution is 8.10. The molecule has 0 saturated carbocycles. The zero-order chi connectivity index (χ0) is 16.3. The van der Waals surface area contributed by atoms with Crippen molar-refractivity contribution in [2.24, 2.45) is 0 Å². The van der Waals surface area contributed by atoms with Crippen molar-refractivity contribution in [2.45, 2.75) is 32.2 Å². The third-order valence-electron chi connectivity index (χ3n) is 3.80. The number of rotatable bonds is 2. The van der Waals surface area contributed by atoms with Crippen molar-refractivity contribution in [2.75, 3.05) is 13.1 Å². The van der Waals surface area contributed by atoms with E-state index in [1.165, 1.54) is 17.6 Å². The lowest BCUT2D eigenvalue weighted by atomic mass is 10.0. The first kappa shape index (κ1) is 15.2. The van der Waals surface area contributed by atoms with Crippen LogP contribution in [-0.2, 0) is 15.4 Å². The van der Waals surface area contributed by atoms with Crippen molar-refractivity contribution < 1.29 is 8.42 Å². The van der Waals surface area contributed by atoms with Gasteiger partial charge >= 0.3 is 0 Å². The van der Waals surface area contributed by atoms with Crippen molar-refractivity contribution in [3.63, 3.8) is 0 Å². The molecule has 0 atom stereocenters. The maximum absolute atomic E-state index is 12.2. The van der Waals surface area contributed by atoms with Gasteiger partial charge in [0.25, 0.3) is 12.7 Å². The molecule has 0 unspecified atom stereocenters. The average Bonchev–Trinajstić information content (AvgIpc) is 2.68. The highest BCUT2D eigenvalue weighted by Gasteiger charge is 2.36. The summed E-state index contributed by atoms with van der Waals surface area (Å²) in [5.41, 5.74) is -0.00421. The van der Waals surface area contributed by atoms with Crippen molar-refractivity contribution >= 4 is 28.0 Å². The Kier molecular flexibility index (Phi) is 3.22. The fourth-order valence-electron chi connectivity index (χ4n) is 2.50. The Morgan fingerprint density at radius 3 is 2.55 bits per heavy atom. The summed E-state index contributed by atoms with van der Waals surface area (Å²) in [4.78, 5) is 19.5. The predicted molar refractivity (Wildman–Crippen MR) is 84.9 cm³/mol. The van der Waals surface area contributed by atoms with Crippen LogP contribution in [0.3, 0.4) is 0 Å². The molecule has 1 aliphatic heterocycles. The Balaban J connectivity index is 2.01. The molecule has 0 amide bonds. The number of hydrogen-bond acceptors (Lipinski definition) is 5. The van der Waals surface area contributed by atoms with E-state index in [0.29, 0.717) is 29.9 Å². The number of fused-ring (bicyclic) bond motifs is 1. The highest BCUT2D eigenvalue weighted by atomic mass is 32.2. The Morgan fingerprint density at radius 1 is 1.36 bits per heavy atom. The Bertz CT molecular complexity index is 890. The molecule has 118 valence electrons. The van der Waals surface area contributed by atoms with Gasteiger partial charge in [-0.05, 0) is 20.8 Å². The lowest BCUT2D eigenvalue weighted by molar-refractivity contribution is 0.260. The monoisotopic (exact) mass is 323 g/mol. The highest BCUT2D eigenvalue weighted by Crippen LogP contribution is 2.27. The predicted octanol–water partition coefficient (Wildman–Crippen LogP) is -0.848. The van der Waals surface area contributed by atoms with E-state index >= 15 is 0 Å². The van der Waals surface area contributed by atoms with Gasteiger partial charge in [0.15, 0.2) is 15.5 Å². The third kappa shape index (κ3) is 2.46. The van der Waals surface area contributed by atoms with E-state index < -0.39 is 9.87 Å². The van der Waals surface area contributed by atoms with E-state index in [9.17, 15) is 13.2 Å². The van der Waals surface area contributed by atoms with Gasteiger partial charge in [-0.3, -0.25) is 4.79 Å². The minimum absolute atomic E-state index is 0.0878. The first-order valence-corrected chi connectivity index (χ1v) is 8.86. The van der Waals surface area contributed by atoms with Gasteiger partial charge in [0.05, 0.1) is 11.7 Å². The van der Waals surface area contributed by atoms with Crippen LogP contribution < -0.4 is 5.56 Å². The normalized spacial score (nSPS) is 17.8. The zero-order valence-electron chi connectivity index (χ0n) is 13.0. The largest absolute Gasteiger partial charge is 0.310 e. The molecule has 1 saturated heterocycles. The number of hydrogen-bond donors (Lipinski definition) is 1. The molecule has 0 aliphatic carbocycles. The standard InChI is InChI=1S/C12H18BN5O3S/c1-12(2,3)18-10-8(4-14-18)11(19)16-9(15-10)7-5-17(6-7)22(13,20)21/h4,7H,5-6,13H2,1-3H3,(H,15,16,19). The Hall–Kier alpha value is -1.68. The molecule has 0 aromatic carbocycles. The van der Waals surface area contributed by atoms with Crippen molar-refractivity contribution in [3.05, 3.63) is 22.4 Å². The van der Waals surface area contributed by atoms with E-state index in [-0.39, 0.29) is 17.0 Å². The molecule has 1 fully saturated rings. The van der Waals surface area contributed by atoms with E-state index in [1.54, 1.807) is 4.68 Å². The molecule has 1 N–H and O–H groups in total. The van der Waals surface area contributed by atoms with E-state index in [4.69, 9.17) is 0 Å². The molecule has 2 aromatic heterocycles. The summed E-state index contributed by atoms with van der Waals surface area (Å²) in [6.45, 7) is 6.64. The second kappa shape index (κ2) is 4.66. The first-order valence-electron chi connectivity index (χ1n) is 7.01. The molecule has 0 spiro atoms. The van der Waals surface area contributed by atoms with Gasteiger partial charge < -0.3 is 4.98 Å². The van der Waals surface area contributed by atoms with Gasteiger partial charge in [0, 0.05) is 19.0 Å². The molecule has 8 nitrogen and oxygen atoms in total. The molecule has 1 aliphatic rings. The van der Waals surface area contributed by atoms with Gasteiger partial charge in [-0.25, -0.2) is 22.4 Å². The van der Waals surface area contributed by atoms with Crippen molar-refractivity contribution in [1.82, 2.24) is 24.1 Å². The van der Waals surface area contributed by atoms with Crippen LogP contribution >= 0.6 is 0 Å². The van der Waals surface area contributed by atoms with Gasteiger partial charge in [-0.15, -0.1) is 0 Å². The number of H-pyrrole nitrogens is 1. The van der Waals surface area contributed by atoms with Crippen LogP contribution in [-0.4, -0.2) is 52.7 Å². The van der Waals surface area contributed by atoms with Gasteiger partial charge in [0.2, 0.25) is 0 Å². The maximum Gasteiger partial charge on any atom is 0.276 e. The molecular weight excluding hydrogens is 305 g/mol. The van der Waals surface area contributed by atoms with Crippen molar-refractivity contribution in [1.29, 1.82) is 0 Å². The van der Waals surface area contributed by atoms with Crippen LogP contribution in [0.5, 0.6) is 0 Å². The molecule has 0 bridgehead atoms. The fraction of sp³-hybridized carbons (Fsp3) is 0.583. The number of nitrogens with one attached hydrogen (secondary N) is 1. The van der Waals surface area contributed by atoms with E-state index in [1.807, 2.05) is 20.8 Å². The molecule has 3 heterocycles. The van der Waals surface area contributed by atoms with Crippen molar-refractivity contribution in [3.8, 4) is 0 Å². The molecule has 22 heavy (non-hydrogen) atoms. The fourth-order valence-corrected chi connectivity index (χ4v) is 3.40. The van der Waals surface area contributed by atoms with E-state index in [0.717, 1.165) is 0 Å². The van der Waals surface area contributed by atoms with Gasteiger partial charge in [-0.2, -0.15) is 5.10 Å². The van der Waals surface area contributed by atoms with E-state index in [2.05, 4.69) is 15.1 Å². The number of nitrogens with zero attached hydrogens (tertiary/aromatic N) is 4. The Morgan fingerprint density at radius 2 is 2.00 bits per heavy atom. The topological polar surface area (TPSA) is 101 Å². The minimum Gasteiger partial charge on any atom is -0.310 e. The average molecular weight is 323 g/mol. The summed E-state index contributed by atoms with van der Waals surface area (Å²) in [5.74, 6) is 0.429.